The zero-order valence-electron chi connectivity index (χ0n) is 15.6. The van der Waals surface area contributed by atoms with E-state index >= 15 is 0 Å². The highest BCUT2D eigenvalue weighted by molar-refractivity contribution is 5.45. The molecule has 2 bridgehead atoms. The molecule has 0 aromatic heterocycles. The van der Waals surface area contributed by atoms with E-state index < -0.39 is 0 Å². The fourth-order valence-electron chi connectivity index (χ4n) is 5.86. The molecule has 2 fully saturated rings. The van der Waals surface area contributed by atoms with Crippen molar-refractivity contribution in [1.29, 1.82) is 0 Å². The van der Waals surface area contributed by atoms with Crippen molar-refractivity contribution in [3.8, 4) is 5.75 Å². The molecule has 0 unspecified atom stereocenters. The second-order valence-corrected chi connectivity index (χ2v) is 8.35. The predicted molar refractivity (Wildman–Crippen MR) is 101 cm³/mol. The Hall–Kier alpha value is -1.32. The third kappa shape index (κ3) is 2.92. The number of hydrogen-bond donors (Lipinski definition) is 1. The molecule has 1 aromatic rings. The molecule has 0 spiro atoms. The number of rotatable bonds is 4. The van der Waals surface area contributed by atoms with Gasteiger partial charge >= 0.3 is 0 Å². The number of ether oxygens (including phenoxy) is 1. The van der Waals surface area contributed by atoms with Crippen LogP contribution >= 0.6 is 0 Å². The molecule has 1 heterocycles. The lowest BCUT2D eigenvalue weighted by atomic mass is 9.52. The monoisotopic (exact) mass is 341 g/mol. The van der Waals surface area contributed by atoms with Gasteiger partial charge in [-0.3, -0.25) is 4.90 Å². The summed E-state index contributed by atoms with van der Waals surface area (Å²) in [5.41, 5.74) is 4.59. The quantitative estimate of drug-likeness (QED) is 0.839. The molecule has 1 saturated carbocycles. The Kier molecular flexibility index (Phi) is 4.63. The number of hydrogen-bond acceptors (Lipinski definition) is 3. The van der Waals surface area contributed by atoms with Gasteiger partial charge in [0.05, 0.1) is 6.61 Å². The molecule has 1 N–H and O–H groups in total. The SMILES string of the molecule is COCC(C)=CCN1CC[C@@]23CCCC[C@H]2[C@@H]1Cc1ccc(O)cc13. The lowest BCUT2D eigenvalue weighted by Crippen LogP contribution is -2.60. The van der Waals surface area contributed by atoms with E-state index in [1.807, 2.05) is 6.07 Å². The second-order valence-electron chi connectivity index (χ2n) is 8.35. The number of methoxy groups -OCH3 is 1. The number of likely N-dealkylation sites (tertiary alicyclic amines) is 1. The number of fused-ring (bicyclic) bond motifs is 1. The van der Waals surface area contributed by atoms with Crippen LogP contribution in [-0.2, 0) is 16.6 Å². The maximum absolute atomic E-state index is 10.1. The molecule has 136 valence electrons. The summed E-state index contributed by atoms with van der Waals surface area (Å²) >= 11 is 0. The Balaban J connectivity index is 1.66. The fraction of sp³-hybridized carbons (Fsp3) is 0.636. The van der Waals surface area contributed by atoms with Crippen LogP contribution in [0.5, 0.6) is 5.75 Å². The first-order chi connectivity index (χ1) is 12.1. The summed E-state index contributed by atoms with van der Waals surface area (Å²) in [7, 11) is 1.77. The first kappa shape index (κ1) is 17.1. The van der Waals surface area contributed by atoms with Gasteiger partial charge in [-0.05, 0) is 68.3 Å². The third-order valence-corrected chi connectivity index (χ3v) is 6.98. The molecular weight excluding hydrogens is 310 g/mol. The molecule has 1 saturated heterocycles. The summed E-state index contributed by atoms with van der Waals surface area (Å²) in [6.45, 7) is 5.11. The lowest BCUT2D eigenvalue weighted by molar-refractivity contribution is -0.00535. The van der Waals surface area contributed by atoms with Crippen molar-refractivity contribution in [3.05, 3.63) is 41.0 Å². The highest BCUT2D eigenvalue weighted by Gasteiger charge is 2.53. The number of aromatic hydroxyl groups is 1. The van der Waals surface area contributed by atoms with Gasteiger partial charge in [-0.15, -0.1) is 0 Å². The molecular formula is C22H31NO2. The molecule has 2 aliphatic carbocycles. The van der Waals surface area contributed by atoms with Gasteiger partial charge < -0.3 is 9.84 Å². The van der Waals surface area contributed by atoms with Crippen LogP contribution in [0, 0.1) is 5.92 Å². The number of benzene rings is 1. The first-order valence-corrected chi connectivity index (χ1v) is 9.85. The maximum atomic E-state index is 10.1. The molecule has 3 heteroatoms. The molecule has 4 rings (SSSR count). The Labute approximate surface area is 151 Å². The average Bonchev–Trinajstić information content (AvgIpc) is 2.62. The fourth-order valence-corrected chi connectivity index (χ4v) is 5.86. The van der Waals surface area contributed by atoms with Crippen LogP contribution in [0.2, 0.25) is 0 Å². The van der Waals surface area contributed by atoms with Crippen LogP contribution in [-0.4, -0.2) is 42.9 Å². The predicted octanol–water partition coefficient (Wildman–Crippen LogP) is 4.04. The molecule has 1 aromatic carbocycles. The van der Waals surface area contributed by atoms with Crippen LogP contribution in [0.1, 0.15) is 50.2 Å². The highest BCUT2D eigenvalue weighted by Crippen LogP contribution is 2.56. The molecule has 0 amide bonds. The van der Waals surface area contributed by atoms with E-state index in [-0.39, 0.29) is 0 Å². The van der Waals surface area contributed by atoms with E-state index in [4.69, 9.17) is 4.74 Å². The summed E-state index contributed by atoms with van der Waals surface area (Å²) in [6, 6.07) is 6.79. The van der Waals surface area contributed by atoms with Crippen molar-refractivity contribution in [1.82, 2.24) is 4.90 Å². The molecule has 25 heavy (non-hydrogen) atoms. The first-order valence-electron chi connectivity index (χ1n) is 9.85. The van der Waals surface area contributed by atoms with E-state index in [0.717, 1.165) is 25.5 Å². The molecule has 1 aliphatic heterocycles. The largest absolute Gasteiger partial charge is 0.508 e. The minimum Gasteiger partial charge on any atom is -0.508 e. The van der Waals surface area contributed by atoms with Crippen molar-refractivity contribution >= 4 is 0 Å². The summed E-state index contributed by atoms with van der Waals surface area (Å²) in [5.74, 6) is 1.19. The number of nitrogens with zero attached hydrogens (tertiary/aromatic N) is 1. The summed E-state index contributed by atoms with van der Waals surface area (Å²) in [5, 5.41) is 10.1. The second kappa shape index (κ2) is 6.77. The standard InChI is InChI=1S/C22H31NO2/c1-16(15-25-2)8-11-23-12-10-22-9-4-3-5-19(22)21(23)13-17-6-7-18(24)14-20(17)22/h6-8,14,19,21,24H,3-5,9-13,15H2,1-2H3/t19-,21-,22-/m0/s1. The van der Waals surface area contributed by atoms with Crippen LogP contribution in [0.4, 0.5) is 0 Å². The zero-order valence-corrected chi connectivity index (χ0v) is 15.6. The van der Waals surface area contributed by atoms with E-state index in [0.29, 0.717) is 17.2 Å². The van der Waals surface area contributed by atoms with E-state index in [2.05, 4.69) is 30.0 Å². The van der Waals surface area contributed by atoms with Gasteiger partial charge in [-0.25, -0.2) is 0 Å². The minimum absolute atomic E-state index is 0.316. The summed E-state index contributed by atoms with van der Waals surface area (Å²) < 4.78 is 5.26. The van der Waals surface area contributed by atoms with E-state index in [1.165, 1.54) is 55.3 Å². The minimum atomic E-state index is 0.316. The Bertz CT molecular complexity index is 668. The van der Waals surface area contributed by atoms with Crippen molar-refractivity contribution in [2.24, 2.45) is 5.92 Å². The summed E-state index contributed by atoms with van der Waals surface area (Å²) in [4.78, 5) is 2.71. The van der Waals surface area contributed by atoms with E-state index in [9.17, 15) is 5.11 Å². The van der Waals surface area contributed by atoms with Crippen LogP contribution < -0.4 is 0 Å². The lowest BCUT2D eigenvalue weighted by Gasteiger charge is -2.59. The third-order valence-electron chi connectivity index (χ3n) is 6.98. The van der Waals surface area contributed by atoms with Gasteiger partial charge in [-0.2, -0.15) is 0 Å². The van der Waals surface area contributed by atoms with E-state index in [1.54, 1.807) is 7.11 Å². The van der Waals surface area contributed by atoms with Crippen molar-refractivity contribution in [2.75, 3.05) is 26.8 Å². The van der Waals surface area contributed by atoms with Gasteiger partial charge in [0.15, 0.2) is 0 Å². The number of piperidine rings is 1. The Morgan fingerprint density at radius 2 is 2.24 bits per heavy atom. The number of phenols is 1. The normalized spacial score (nSPS) is 32.2. The van der Waals surface area contributed by atoms with Crippen LogP contribution in [0.25, 0.3) is 0 Å². The number of phenolic OH excluding ortho intramolecular Hbond substituents is 1. The topological polar surface area (TPSA) is 32.7 Å². The maximum Gasteiger partial charge on any atom is 0.115 e. The molecule has 3 atom stereocenters. The highest BCUT2D eigenvalue weighted by atomic mass is 16.5. The molecule has 0 radical (unpaired) electrons. The average molecular weight is 341 g/mol. The van der Waals surface area contributed by atoms with Gasteiger partial charge in [0.25, 0.3) is 0 Å². The van der Waals surface area contributed by atoms with Gasteiger partial charge in [-0.1, -0.05) is 30.6 Å². The molecule has 3 nitrogen and oxygen atoms in total. The van der Waals surface area contributed by atoms with Crippen molar-refractivity contribution < 1.29 is 9.84 Å². The van der Waals surface area contributed by atoms with Crippen molar-refractivity contribution in [3.63, 3.8) is 0 Å². The van der Waals surface area contributed by atoms with Crippen LogP contribution in [0.3, 0.4) is 0 Å². The zero-order chi connectivity index (χ0) is 17.4. The summed E-state index contributed by atoms with van der Waals surface area (Å²) in [6.07, 6.45) is 10.1. The smallest absolute Gasteiger partial charge is 0.115 e. The van der Waals surface area contributed by atoms with Crippen molar-refractivity contribution in [2.45, 2.75) is 56.9 Å². The van der Waals surface area contributed by atoms with Crippen LogP contribution in [0.15, 0.2) is 29.8 Å². The Morgan fingerprint density at radius 3 is 3.08 bits per heavy atom. The van der Waals surface area contributed by atoms with Gasteiger partial charge in [0.2, 0.25) is 0 Å². The molecule has 3 aliphatic rings. The van der Waals surface area contributed by atoms with Gasteiger partial charge in [0, 0.05) is 25.1 Å². The van der Waals surface area contributed by atoms with Gasteiger partial charge in [0.1, 0.15) is 5.75 Å². The Morgan fingerprint density at radius 1 is 1.36 bits per heavy atom.